The van der Waals surface area contributed by atoms with Crippen molar-refractivity contribution >= 4 is 12.0 Å². The van der Waals surface area contributed by atoms with Crippen molar-refractivity contribution in [1.82, 2.24) is 0 Å². The normalized spacial score (nSPS) is 14.7. The molecular formula is C17H22O2. The molecule has 0 aliphatic heterocycles. The van der Waals surface area contributed by atoms with Gasteiger partial charge < -0.3 is 4.74 Å². The van der Waals surface area contributed by atoms with Crippen LogP contribution in [0.15, 0.2) is 18.2 Å². The maximum absolute atomic E-state index is 11.3. The highest BCUT2D eigenvalue weighted by atomic mass is 16.5. The lowest BCUT2D eigenvalue weighted by molar-refractivity contribution is -0.134. The maximum Gasteiger partial charge on any atom is 0.330 e. The molecular weight excluding hydrogens is 236 g/mol. The molecule has 1 aliphatic carbocycles. The largest absolute Gasteiger partial charge is 0.466 e. The van der Waals surface area contributed by atoms with Crippen molar-refractivity contribution in [2.24, 2.45) is 0 Å². The summed E-state index contributed by atoms with van der Waals surface area (Å²) in [6.07, 6.45) is 6.88. The standard InChI is InChI=1S/C17H22O2/c1-17(2,3)14-10-12-6-5-7-15(12)13(11-14)8-9-16(18)19-4/h8-11H,5-7H2,1-4H3/b9-8+. The zero-order chi connectivity index (χ0) is 14.0. The highest BCUT2D eigenvalue weighted by Gasteiger charge is 2.20. The van der Waals surface area contributed by atoms with Gasteiger partial charge in [-0.25, -0.2) is 4.79 Å². The van der Waals surface area contributed by atoms with Crippen molar-refractivity contribution in [3.8, 4) is 0 Å². The topological polar surface area (TPSA) is 26.3 Å². The maximum atomic E-state index is 11.3. The van der Waals surface area contributed by atoms with Gasteiger partial charge in [-0.3, -0.25) is 0 Å². The summed E-state index contributed by atoms with van der Waals surface area (Å²) in [5.74, 6) is -0.298. The van der Waals surface area contributed by atoms with E-state index in [0.29, 0.717) is 0 Å². The molecule has 19 heavy (non-hydrogen) atoms. The summed E-state index contributed by atoms with van der Waals surface area (Å²) in [5, 5.41) is 0. The van der Waals surface area contributed by atoms with Crippen LogP contribution >= 0.6 is 0 Å². The summed E-state index contributed by atoms with van der Waals surface area (Å²) in [4.78, 5) is 11.3. The number of hydrogen-bond acceptors (Lipinski definition) is 2. The van der Waals surface area contributed by atoms with Crippen LogP contribution in [0.4, 0.5) is 0 Å². The Labute approximate surface area is 115 Å². The molecule has 0 heterocycles. The van der Waals surface area contributed by atoms with E-state index >= 15 is 0 Å². The van der Waals surface area contributed by atoms with Crippen LogP contribution in [0.3, 0.4) is 0 Å². The van der Waals surface area contributed by atoms with E-state index in [1.165, 1.54) is 41.9 Å². The van der Waals surface area contributed by atoms with Gasteiger partial charge in [0, 0.05) is 6.08 Å². The molecule has 0 saturated heterocycles. The van der Waals surface area contributed by atoms with Crippen molar-refractivity contribution in [2.75, 3.05) is 7.11 Å². The summed E-state index contributed by atoms with van der Waals surface area (Å²) in [6, 6.07) is 4.54. The summed E-state index contributed by atoms with van der Waals surface area (Å²) in [7, 11) is 1.41. The van der Waals surface area contributed by atoms with Crippen LogP contribution in [0.5, 0.6) is 0 Å². The summed E-state index contributed by atoms with van der Waals surface area (Å²) < 4.78 is 4.66. The minimum Gasteiger partial charge on any atom is -0.466 e. The third-order valence-electron chi connectivity index (χ3n) is 3.72. The summed E-state index contributed by atoms with van der Waals surface area (Å²) >= 11 is 0. The van der Waals surface area contributed by atoms with Gasteiger partial charge in [-0.1, -0.05) is 32.9 Å². The molecule has 1 aromatic carbocycles. The Bertz CT molecular complexity index is 519. The minimum absolute atomic E-state index is 0.130. The molecule has 0 fully saturated rings. The number of aryl methyl sites for hydroxylation is 1. The molecule has 1 aromatic rings. The molecule has 0 spiro atoms. The van der Waals surface area contributed by atoms with E-state index < -0.39 is 0 Å². The molecule has 0 unspecified atom stereocenters. The van der Waals surface area contributed by atoms with Gasteiger partial charge in [0.1, 0.15) is 0 Å². The Hall–Kier alpha value is -1.57. The number of rotatable bonds is 2. The Morgan fingerprint density at radius 3 is 2.63 bits per heavy atom. The summed E-state index contributed by atoms with van der Waals surface area (Å²) in [5.41, 5.74) is 5.47. The van der Waals surface area contributed by atoms with Gasteiger partial charge >= 0.3 is 5.97 Å². The van der Waals surface area contributed by atoms with E-state index in [0.717, 1.165) is 12.8 Å². The van der Waals surface area contributed by atoms with E-state index in [2.05, 4.69) is 37.6 Å². The number of ether oxygens (including phenoxy) is 1. The number of hydrogen-bond donors (Lipinski definition) is 0. The molecule has 0 N–H and O–H groups in total. The van der Waals surface area contributed by atoms with Crippen molar-refractivity contribution in [1.29, 1.82) is 0 Å². The Kier molecular flexibility index (Phi) is 3.79. The fraction of sp³-hybridized carbons (Fsp3) is 0.471. The molecule has 102 valence electrons. The number of esters is 1. The lowest BCUT2D eigenvalue weighted by Gasteiger charge is -2.21. The average molecular weight is 258 g/mol. The van der Waals surface area contributed by atoms with Gasteiger partial charge in [0.15, 0.2) is 0 Å². The molecule has 0 bridgehead atoms. The molecule has 0 radical (unpaired) electrons. The Morgan fingerprint density at radius 1 is 1.26 bits per heavy atom. The fourth-order valence-corrected chi connectivity index (χ4v) is 2.55. The lowest BCUT2D eigenvalue weighted by Crippen LogP contribution is -2.12. The molecule has 0 aromatic heterocycles. The van der Waals surface area contributed by atoms with Crippen LogP contribution in [-0.2, 0) is 27.8 Å². The molecule has 2 rings (SSSR count). The smallest absolute Gasteiger partial charge is 0.330 e. The quantitative estimate of drug-likeness (QED) is 0.598. The van der Waals surface area contributed by atoms with Crippen LogP contribution in [0.1, 0.15) is 49.4 Å². The number of fused-ring (bicyclic) bond motifs is 1. The number of carbonyl (C=O) groups excluding carboxylic acids is 1. The molecule has 1 aliphatic rings. The number of methoxy groups -OCH3 is 1. The minimum atomic E-state index is -0.298. The average Bonchev–Trinajstić information content (AvgIpc) is 2.82. The van der Waals surface area contributed by atoms with E-state index in [1.54, 1.807) is 0 Å². The first kappa shape index (κ1) is 13.9. The highest BCUT2D eigenvalue weighted by Crippen LogP contribution is 2.32. The second-order valence-corrected chi connectivity index (χ2v) is 6.16. The van der Waals surface area contributed by atoms with Crippen molar-refractivity contribution in [2.45, 2.75) is 45.4 Å². The van der Waals surface area contributed by atoms with Crippen LogP contribution in [0.25, 0.3) is 6.08 Å². The third kappa shape index (κ3) is 3.06. The van der Waals surface area contributed by atoms with E-state index in [-0.39, 0.29) is 11.4 Å². The predicted molar refractivity (Wildman–Crippen MR) is 78.2 cm³/mol. The SMILES string of the molecule is COC(=O)/C=C/c1cc(C(C)(C)C)cc2c1CCC2. The molecule has 0 atom stereocenters. The van der Waals surface area contributed by atoms with Crippen LogP contribution in [-0.4, -0.2) is 13.1 Å². The predicted octanol–water partition coefficient (Wildman–Crippen LogP) is 3.66. The second-order valence-electron chi connectivity index (χ2n) is 6.16. The van der Waals surface area contributed by atoms with Gasteiger partial charge in [0.2, 0.25) is 0 Å². The fourth-order valence-electron chi connectivity index (χ4n) is 2.55. The Morgan fingerprint density at radius 2 is 2.00 bits per heavy atom. The molecule has 2 heteroatoms. The van der Waals surface area contributed by atoms with Gasteiger partial charge in [0.05, 0.1) is 7.11 Å². The zero-order valence-corrected chi connectivity index (χ0v) is 12.2. The van der Waals surface area contributed by atoms with Gasteiger partial charge in [-0.15, -0.1) is 0 Å². The van der Waals surface area contributed by atoms with E-state index in [4.69, 9.17) is 0 Å². The van der Waals surface area contributed by atoms with Crippen molar-refractivity contribution in [3.63, 3.8) is 0 Å². The third-order valence-corrected chi connectivity index (χ3v) is 3.72. The zero-order valence-electron chi connectivity index (χ0n) is 12.2. The van der Waals surface area contributed by atoms with Crippen LogP contribution in [0.2, 0.25) is 0 Å². The number of benzene rings is 1. The molecule has 2 nitrogen and oxygen atoms in total. The second kappa shape index (κ2) is 5.20. The monoisotopic (exact) mass is 258 g/mol. The van der Waals surface area contributed by atoms with Crippen LogP contribution in [0, 0.1) is 0 Å². The van der Waals surface area contributed by atoms with E-state index in [1.807, 2.05) is 6.08 Å². The summed E-state index contributed by atoms with van der Waals surface area (Å²) in [6.45, 7) is 6.66. The number of carbonyl (C=O) groups is 1. The van der Waals surface area contributed by atoms with Gasteiger partial charge in [0.25, 0.3) is 0 Å². The van der Waals surface area contributed by atoms with E-state index in [9.17, 15) is 4.79 Å². The molecule has 0 amide bonds. The van der Waals surface area contributed by atoms with Crippen molar-refractivity contribution in [3.05, 3.63) is 40.5 Å². The first-order chi connectivity index (χ1) is 8.91. The molecule has 0 saturated carbocycles. The first-order valence-corrected chi connectivity index (χ1v) is 6.84. The van der Waals surface area contributed by atoms with Crippen LogP contribution < -0.4 is 0 Å². The Balaban J connectivity index is 2.44. The van der Waals surface area contributed by atoms with Gasteiger partial charge in [-0.2, -0.15) is 0 Å². The van der Waals surface area contributed by atoms with Gasteiger partial charge in [-0.05, 0) is 53.0 Å². The highest BCUT2D eigenvalue weighted by molar-refractivity contribution is 5.87. The first-order valence-electron chi connectivity index (χ1n) is 6.84. The van der Waals surface area contributed by atoms with Crippen molar-refractivity contribution < 1.29 is 9.53 Å². The lowest BCUT2D eigenvalue weighted by atomic mass is 9.84.